The first kappa shape index (κ1) is 45.5. The Morgan fingerprint density at radius 3 is 1.40 bits per heavy atom. The van der Waals surface area contributed by atoms with Crippen molar-refractivity contribution in [3.63, 3.8) is 0 Å². The fourth-order valence-electron chi connectivity index (χ4n) is 5.18. The Kier molecular flexibility index (Phi) is 33.3. The molecular weight excluding hydrogens is 615 g/mol. The third-order valence-electron chi connectivity index (χ3n) is 8.17. The Morgan fingerprint density at radius 2 is 0.957 bits per heavy atom. The number of phosphoric ester groups is 1. The molecule has 0 aromatic rings. The molecule has 0 rings (SSSR count). The van der Waals surface area contributed by atoms with E-state index in [-0.39, 0.29) is 25.4 Å². The Morgan fingerprint density at radius 1 is 0.574 bits per heavy atom. The van der Waals surface area contributed by atoms with E-state index in [0.29, 0.717) is 6.42 Å². The molecule has 0 aromatic carbocycles. The zero-order valence-electron chi connectivity index (χ0n) is 30.4. The minimum atomic E-state index is -4.26. The summed E-state index contributed by atoms with van der Waals surface area (Å²) in [6, 6.07) is 0. The summed E-state index contributed by atoms with van der Waals surface area (Å²) in [6.45, 7) is 3.84. The minimum Gasteiger partial charge on any atom is -0.462 e. The lowest BCUT2D eigenvalue weighted by atomic mass is 10.1. The van der Waals surface area contributed by atoms with E-state index in [1.54, 1.807) is 0 Å². The van der Waals surface area contributed by atoms with E-state index in [4.69, 9.17) is 14.0 Å². The Labute approximate surface area is 288 Å². The molecule has 1 N–H and O–H groups in total. The van der Waals surface area contributed by atoms with Crippen LogP contribution in [0.2, 0.25) is 0 Å². The maximum Gasteiger partial charge on any atom is 0.472 e. The smallest absolute Gasteiger partial charge is 0.462 e. The van der Waals surface area contributed by atoms with E-state index in [0.717, 1.165) is 77.7 Å². The normalized spacial score (nSPS) is 13.7. The fraction of sp³-hybridized carbons (Fsp3) is 0.842. The molecule has 0 aliphatic rings. The van der Waals surface area contributed by atoms with Crippen molar-refractivity contribution in [3.8, 4) is 0 Å². The average Bonchev–Trinajstić information content (AvgIpc) is 3.06. The number of phosphoric acid groups is 1. The SMILES string of the molecule is CCCCCC/C=C\CCCCCCCC(=O)OCC(COP(=O)(O)OC)OC(=O)CCCCCCC/C=C\CCCCCCCC. The Balaban J connectivity index is 4.08. The second kappa shape index (κ2) is 34.4. The molecule has 0 heterocycles. The van der Waals surface area contributed by atoms with Gasteiger partial charge in [0, 0.05) is 20.0 Å². The molecule has 0 spiro atoms. The van der Waals surface area contributed by atoms with Crippen LogP contribution < -0.4 is 0 Å². The van der Waals surface area contributed by atoms with Crippen molar-refractivity contribution < 1.29 is 37.6 Å². The lowest BCUT2D eigenvalue weighted by Crippen LogP contribution is -2.29. The van der Waals surface area contributed by atoms with Gasteiger partial charge >= 0.3 is 19.8 Å². The maximum atomic E-state index is 12.4. The summed E-state index contributed by atoms with van der Waals surface area (Å²) in [5, 5.41) is 0. The van der Waals surface area contributed by atoms with Crippen molar-refractivity contribution in [2.75, 3.05) is 20.3 Å². The first-order valence-electron chi connectivity index (χ1n) is 19.0. The molecule has 47 heavy (non-hydrogen) atoms. The summed E-state index contributed by atoms with van der Waals surface area (Å²) in [6.07, 6.45) is 36.5. The second-order valence-electron chi connectivity index (χ2n) is 12.7. The monoisotopic (exact) mass is 686 g/mol. The van der Waals surface area contributed by atoms with Crippen molar-refractivity contribution in [1.82, 2.24) is 0 Å². The summed E-state index contributed by atoms with van der Waals surface area (Å²) in [5.74, 6) is -0.822. The highest BCUT2D eigenvalue weighted by molar-refractivity contribution is 7.47. The largest absolute Gasteiger partial charge is 0.472 e. The number of esters is 2. The van der Waals surface area contributed by atoms with Gasteiger partial charge < -0.3 is 14.4 Å². The van der Waals surface area contributed by atoms with Gasteiger partial charge in [-0.3, -0.25) is 18.6 Å². The Bertz CT molecular complexity index is 829. The van der Waals surface area contributed by atoms with Crippen molar-refractivity contribution in [2.24, 2.45) is 0 Å². The number of carbonyl (C=O) groups is 2. The number of allylic oxidation sites excluding steroid dienone is 4. The van der Waals surface area contributed by atoms with E-state index in [1.807, 2.05) is 0 Å². The predicted octanol–water partition coefficient (Wildman–Crippen LogP) is 11.5. The predicted molar refractivity (Wildman–Crippen MR) is 193 cm³/mol. The number of carbonyl (C=O) groups excluding carboxylic acids is 2. The molecule has 0 fully saturated rings. The van der Waals surface area contributed by atoms with E-state index >= 15 is 0 Å². The zero-order valence-corrected chi connectivity index (χ0v) is 31.3. The van der Waals surface area contributed by atoms with Gasteiger partial charge in [-0.25, -0.2) is 4.57 Å². The van der Waals surface area contributed by atoms with Crippen molar-refractivity contribution >= 4 is 19.8 Å². The molecule has 276 valence electrons. The second-order valence-corrected chi connectivity index (χ2v) is 14.3. The molecule has 0 bridgehead atoms. The third-order valence-corrected chi connectivity index (χ3v) is 9.10. The lowest BCUT2D eigenvalue weighted by molar-refractivity contribution is -0.161. The first-order valence-corrected chi connectivity index (χ1v) is 20.5. The van der Waals surface area contributed by atoms with Crippen molar-refractivity contribution in [3.05, 3.63) is 24.3 Å². The van der Waals surface area contributed by atoms with Gasteiger partial charge in [-0.2, -0.15) is 0 Å². The van der Waals surface area contributed by atoms with Crippen LogP contribution in [-0.2, 0) is 32.7 Å². The molecule has 8 nitrogen and oxygen atoms in total. The molecule has 0 aliphatic carbocycles. The molecule has 0 aliphatic heterocycles. The number of rotatable bonds is 35. The van der Waals surface area contributed by atoms with Crippen LogP contribution >= 0.6 is 7.82 Å². The maximum absolute atomic E-state index is 12.4. The third kappa shape index (κ3) is 34.2. The molecule has 0 saturated heterocycles. The summed E-state index contributed by atoms with van der Waals surface area (Å²) in [7, 11) is -3.20. The quantitative estimate of drug-likeness (QED) is 0.0304. The summed E-state index contributed by atoms with van der Waals surface area (Å²) < 4.78 is 31.8. The minimum absolute atomic E-state index is 0.231. The highest BCUT2D eigenvalue weighted by Gasteiger charge is 2.24. The molecule has 2 unspecified atom stereocenters. The van der Waals surface area contributed by atoms with E-state index in [2.05, 4.69) is 42.7 Å². The molecule has 2 atom stereocenters. The number of hydrogen-bond acceptors (Lipinski definition) is 7. The average molecular weight is 687 g/mol. The first-order chi connectivity index (χ1) is 22.8. The molecule has 0 amide bonds. The molecule has 0 aromatic heterocycles. The lowest BCUT2D eigenvalue weighted by Gasteiger charge is -2.19. The van der Waals surface area contributed by atoms with Crippen LogP contribution in [0.15, 0.2) is 24.3 Å². The Hall–Kier alpha value is -1.47. The van der Waals surface area contributed by atoms with Crippen LogP contribution in [0, 0.1) is 0 Å². The van der Waals surface area contributed by atoms with Crippen molar-refractivity contribution in [2.45, 2.75) is 187 Å². The summed E-state index contributed by atoms with van der Waals surface area (Å²) in [5.41, 5.74) is 0. The van der Waals surface area contributed by atoms with Crippen LogP contribution in [0.25, 0.3) is 0 Å². The van der Waals surface area contributed by atoms with Gasteiger partial charge in [0.25, 0.3) is 0 Å². The number of hydrogen-bond donors (Lipinski definition) is 1. The van der Waals surface area contributed by atoms with Gasteiger partial charge in [0.05, 0.1) is 6.61 Å². The molecule has 0 saturated carbocycles. The highest BCUT2D eigenvalue weighted by Crippen LogP contribution is 2.42. The van der Waals surface area contributed by atoms with E-state index < -0.39 is 26.5 Å². The van der Waals surface area contributed by atoms with Gasteiger partial charge in [0.15, 0.2) is 6.10 Å². The number of ether oxygens (including phenoxy) is 2. The highest BCUT2D eigenvalue weighted by atomic mass is 31.2. The summed E-state index contributed by atoms with van der Waals surface area (Å²) >= 11 is 0. The number of unbranched alkanes of at least 4 members (excludes halogenated alkanes) is 20. The standard InChI is InChI=1S/C38H71O8P/c1-4-6-8-10-12-14-16-18-19-21-23-25-27-29-31-33-38(40)46-36(35-45-47(41,42)43-3)34-44-37(39)32-30-28-26-24-22-20-17-15-13-11-9-7-5-2/h15,17-19,36H,4-14,16,20-35H2,1-3H3,(H,41,42)/b17-15-,19-18-. The van der Waals surface area contributed by atoms with E-state index in [9.17, 15) is 19.0 Å². The van der Waals surface area contributed by atoms with Gasteiger partial charge in [-0.15, -0.1) is 0 Å². The summed E-state index contributed by atoms with van der Waals surface area (Å²) in [4.78, 5) is 34.3. The van der Waals surface area contributed by atoms with Crippen LogP contribution in [-0.4, -0.2) is 43.3 Å². The molecule has 0 radical (unpaired) electrons. The van der Waals surface area contributed by atoms with Gasteiger partial charge in [-0.1, -0.05) is 128 Å². The van der Waals surface area contributed by atoms with E-state index in [1.165, 1.54) is 77.0 Å². The topological polar surface area (TPSA) is 108 Å². The van der Waals surface area contributed by atoms with Crippen LogP contribution in [0.4, 0.5) is 0 Å². The van der Waals surface area contributed by atoms with Crippen LogP contribution in [0.1, 0.15) is 181 Å². The van der Waals surface area contributed by atoms with Crippen LogP contribution in [0.5, 0.6) is 0 Å². The molecular formula is C38H71O8P. The van der Waals surface area contributed by atoms with Crippen LogP contribution in [0.3, 0.4) is 0 Å². The van der Waals surface area contributed by atoms with Crippen molar-refractivity contribution in [1.29, 1.82) is 0 Å². The van der Waals surface area contributed by atoms with Gasteiger partial charge in [0.2, 0.25) is 0 Å². The fourth-order valence-corrected chi connectivity index (χ4v) is 5.64. The van der Waals surface area contributed by atoms with Gasteiger partial charge in [-0.05, 0) is 64.2 Å². The zero-order chi connectivity index (χ0) is 34.7. The van der Waals surface area contributed by atoms with Gasteiger partial charge in [0.1, 0.15) is 6.61 Å². The molecule has 9 heteroatoms.